The third-order valence-corrected chi connectivity index (χ3v) is 6.40. The number of carbonyl (C=O) groups is 2. The first kappa shape index (κ1) is 23.7. The molecule has 2 aliphatic rings. The highest BCUT2D eigenvalue weighted by Gasteiger charge is 2.29. The molecule has 7 nitrogen and oxygen atoms in total. The van der Waals surface area contributed by atoms with Gasteiger partial charge in [-0.05, 0) is 42.0 Å². The highest BCUT2D eigenvalue weighted by Crippen LogP contribution is 2.29. The van der Waals surface area contributed by atoms with Gasteiger partial charge in [-0.1, -0.05) is 29.8 Å². The van der Waals surface area contributed by atoms with E-state index in [-0.39, 0.29) is 29.4 Å². The van der Waals surface area contributed by atoms with Gasteiger partial charge in [0.1, 0.15) is 23.5 Å². The van der Waals surface area contributed by atoms with Crippen LogP contribution in [0.25, 0.3) is 11.1 Å². The lowest BCUT2D eigenvalue weighted by Gasteiger charge is -2.22. The molecule has 36 heavy (non-hydrogen) atoms. The third kappa shape index (κ3) is 5.13. The number of hydrogen-bond acceptors (Lipinski definition) is 6. The Labute approximate surface area is 212 Å². The molecule has 1 atom stereocenters. The van der Waals surface area contributed by atoms with Crippen LogP contribution in [0.15, 0.2) is 82.6 Å². The molecule has 3 aromatic rings. The summed E-state index contributed by atoms with van der Waals surface area (Å²) < 4.78 is 21.0. The summed E-state index contributed by atoms with van der Waals surface area (Å²) in [7, 11) is 0. The average Bonchev–Trinajstić information content (AvgIpc) is 3.34. The van der Waals surface area contributed by atoms with Crippen molar-refractivity contribution in [2.24, 2.45) is 4.99 Å². The summed E-state index contributed by atoms with van der Waals surface area (Å²) in [6.07, 6.45) is 3.73. The predicted octanol–water partition coefficient (Wildman–Crippen LogP) is 4.70. The minimum atomic E-state index is -0.479. The number of aromatic nitrogens is 1. The molecule has 1 saturated heterocycles. The molecule has 2 aliphatic heterocycles. The molecule has 2 aromatic carbocycles. The van der Waals surface area contributed by atoms with Crippen molar-refractivity contribution >= 4 is 35.2 Å². The molecule has 1 N–H and O–H groups in total. The molecule has 1 fully saturated rings. The van der Waals surface area contributed by atoms with Crippen molar-refractivity contribution in [3.8, 4) is 17.0 Å². The van der Waals surface area contributed by atoms with Gasteiger partial charge in [-0.2, -0.15) is 0 Å². The monoisotopic (exact) mass is 504 g/mol. The maximum atomic E-state index is 15.0. The van der Waals surface area contributed by atoms with E-state index < -0.39 is 5.82 Å². The number of pyridine rings is 1. The fraction of sp³-hybridized carbons (Fsp3) is 0.185. The number of rotatable bonds is 6. The molecule has 0 spiro atoms. The van der Waals surface area contributed by atoms with Crippen LogP contribution in [0.2, 0.25) is 0 Å². The molecule has 0 aliphatic carbocycles. The average molecular weight is 505 g/mol. The van der Waals surface area contributed by atoms with Gasteiger partial charge >= 0.3 is 0 Å². The van der Waals surface area contributed by atoms with E-state index in [4.69, 9.17) is 16.3 Å². The van der Waals surface area contributed by atoms with Gasteiger partial charge in [-0.3, -0.25) is 14.6 Å². The maximum absolute atomic E-state index is 15.0. The van der Waals surface area contributed by atoms with Gasteiger partial charge in [-0.15, -0.1) is 0 Å². The first-order valence-electron chi connectivity index (χ1n) is 11.4. The summed E-state index contributed by atoms with van der Waals surface area (Å²) in [6, 6.07) is 16.7. The normalized spacial score (nSPS) is 17.4. The Hall–Kier alpha value is -4.04. The molecule has 9 heteroatoms. The molecule has 0 radical (unpaired) electrons. The Kier molecular flexibility index (Phi) is 6.77. The number of amides is 1. The summed E-state index contributed by atoms with van der Waals surface area (Å²) in [6.45, 7) is 1.27. The number of anilines is 1. The number of aliphatic imine (C=N–C) groups is 1. The molecular formula is C27H22ClFN4O3. The minimum absolute atomic E-state index is 0.0732. The Morgan fingerprint density at radius 3 is 2.78 bits per heavy atom. The summed E-state index contributed by atoms with van der Waals surface area (Å²) in [5.74, 6) is -0.615. The lowest BCUT2D eigenvalue weighted by atomic mass is 10.1. The summed E-state index contributed by atoms with van der Waals surface area (Å²) >= 11 is 6.18. The quantitative estimate of drug-likeness (QED) is 0.526. The van der Waals surface area contributed by atoms with E-state index >= 15 is 0 Å². The number of halogens is 2. The van der Waals surface area contributed by atoms with Crippen LogP contribution in [0.4, 0.5) is 10.1 Å². The van der Waals surface area contributed by atoms with Crippen LogP contribution < -0.4 is 10.1 Å². The van der Waals surface area contributed by atoms with E-state index in [0.29, 0.717) is 53.5 Å². The van der Waals surface area contributed by atoms with Crippen LogP contribution >= 0.6 is 11.6 Å². The second kappa shape index (κ2) is 10.3. The van der Waals surface area contributed by atoms with Crippen molar-refractivity contribution in [3.05, 3.63) is 89.0 Å². The number of hydrogen-bond donors (Lipinski definition) is 1. The topological polar surface area (TPSA) is 83.9 Å². The molecule has 5 rings (SSSR count). The number of nitrogens with one attached hydrogen (secondary N) is 1. The van der Waals surface area contributed by atoms with Crippen molar-refractivity contribution in [2.45, 2.75) is 12.5 Å². The van der Waals surface area contributed by atoms with Gasteiger partial charge < -0.3 is 15.0 Å². The fourth-order valence-corrected chi connectivity index (χ4v) is 4.41. The van der Waals surface area contributed by atoms with Crippen molar-refractivity contribution in [2.75, 3.05) is 25.0 Å². The molecular weight excluding hydrogens is 483 g/mol. The number of ketones is 1. The van der Waals surface area contributed by atoms with Crippen molar-refractivity contribution in [1.82, 2.24) is 9.88 Å². The largest absolute Gasteiger partial charge is 0.472 e. The summed E-state index contributed by atoms with van der Waals surface area (Å²) in [5.41, 5.74) is 2.43. The van der Waals surface area contributed by atoms with Crippen molar-refractivity contribution in [1.29, 1.82) is 0 Å². The first-order chi connectivity index (χ1) is 17.5. The lowest BCUT2D eigenvalue weighted by molar-refractivity contribution is -0.113. The predicted molar refractivity (Wildman–Crippen MR) is 136 cm³/mol. The summed E-state index contributed by atoms with van der Waals surface area (Å²) in [4.78, 5) is 34.5. The Morgan fingerprint density at radius 1 is 1.14 bits per heavy atom. The van der Waals surface area contributed by atoms with Crippen LogP contribution in [-0.4, -0.2) is 53.5 Å². The number of ether oxygens (including phenoxy) is 1. The number of nitrogens with zero attached hydrogens (tertiary/aromatic N) is 3. The fourth-order valence-electron chi connectivity index (χ4n) is 4.18. The Morgan fingerprint density at radius 2 is 1.97 bits per heavy atom. The van der Waals surface area contributed by atoms with Crippen molar-refractivity contribution < 1.29 is 18.7 Å². The Balaban J connectivity index is 1.26. The lowest BCUT2D eigenvalue weighted by Crippen LogP contribution is -2.28. The second-order valence-corrected chi connectivity index (χ2v) is 8.84. The zero-order chi connectivity index (χ0) is 25.1. The third-order valence-electron chi connectivity index (χ3n) is 6.00. The Bertz CT molecular complexity index is 1380. The van der Waals surface area contributed by atoms with Gasteiger partial charge in [0.25, 0.3) is 5.91 Å². The van der Waals surface area contributed by atoms with E-state index in [0.717, 1.165) is 0 Å². The molecule has 0 unspecified atom stereocenters. The van der Waals surface area contributed by atoms with E-state index in [1.54, 1.807) is 60.9 Å². The van der Waals surface area contributed by atoms with Crippen LogP contribution in [0.5, 0.6) is 5.88 Å². The number of carbonyl (C=O) groups excluding carboxylic acids is 2. The van der Waals surface area contributed by atoms with E-state index in [9.17, 15) is 14.0 Å². The molecule has 1 amide bonds. The first-order valence-corrected chi connectivity index (χ1v) is 11.8. The maximum Gasteiger partial charge on any atom is 0.255 e. The number of benzene rings is 2. The number of likely N-dealkylation sites (tertiary alicyclic amines) is 1. The van der Waals surface area contributed by atoms with Crippen LogP contribution in [-0.2, 0) is 4.79 Å². The van der Waals surface area contributed by atoms with Gasteiger partial charge in [0.05, 0.1) is 12.2 Å². The minimum Gasteiger partial charge on any atom is -0.472 e. The van der Waals surface area contributed by atoms with Gasteiger partial charge in [0, 0.05) is 48.3 Å². The zero-order valence-electron chi connectivity index (χ0n) is 19.2. The molecule has 0 bridgehead atoms. The number of dihydropyridines is 1. The second-order valence-electron chi connectivity index (χ2n) is 8.46. The highest BCUT2D eigenvalue weighted by atomic mass is 35.5. The van der Waals surface area contributed by atoms with Crippen LogP contribution in [0.3, 0.4) is 0 Å². The SMILES string of the molecule is O=C1CN=CC(N2CC[C@@H](Oc3cc(-c4ccc(NC(=O)c5ccccc5)cc4F)ccn3)C2)=C1Cl. The molecule has 0 saturated carbocycles. The molecule has 182 valence electrons. The molecule has 1 aromatic heterocycles. The van der Waals surface area contributed by atoms with E-state index in [1.165, 1.54) is 6.07 Å². The van der Waals surface area contributed by atoms with Crippen LogP contribution in [0.1, 0.15) is 16.8 Å². The number of allylic oxidation sites excluding steroid dienone is 1. The number of Topliss-reactive ketones (excluding diaryl/α,β-unsaturated/α-hetero) is 1. The zero-order valence-corrected chi connectivity index (χ0v) is 19.9. The van der Waals surface area contributed by atoms with E-state index in [1.807, 2.05) is 11.0 Å². The van der Waals surface area contributed by atoms with Crippen molar-refractivity contribution in [3.63, 3.8) is 0 Å². The summed E-state index contributed by atoms with van der Waals surface area (Å²) in [5, 5.41) is 2.91. The molecule has 3 heterocycles. The van der Waals surface area contributed by atoms with E-state index in [2.05, 4.69) is 15.3 Å². The highest BCUT2D eigenvalue weighted by molar-refractivity contribution is 6.44. The smallest absolute Gasteiger partial charge is 0.255 e. The van der Waals surface area contributed by atoms with Gasteiger partial charge in [0.15, 0.2) is 5.78 Å². The van der Waals surface area contributed by atoms with Crippen LogP contribution in [0, 0.1) is 5.82 Å². The van der Waals surface area contributed by atoms with Gasteiger partial charge in [-0.25, -0.2) is 9.37 Å². The standard InChI is InChI=1S/C27H22ClFN4O3/c28-26-23(14-30-15-24(26)34)33-11-9-20(16-33)36-25-12-18(8-10-31-25)21-7-6-19(13-22(21)29)32-27(35)17-4-2-1-3-5-17/h1-8,10,12-14,20H,9,11,15-16H2,(H,32,35)/t20-/m1/s1. The van der Waals surface area contributed by atoms with Gasteiger partial charge in [0.2, 0.25) is 5.88 Å².